The maximum absolute atomic E-state index is 11.6. The minimum Gasteiger partial charge on any atom is -0.508 e. The molecule has 1 aliphatic carbocycles. The Balaban J connectivity index is 2.03. The van der Waals surface area contributed by atoms with Crippen LogP contribution in [0.15, 0.2) is 18.2 Å². The number of phenols is 1. The molecule has 0 fully saturated rings. The van der Waals surface area contributed by atoms with Gasteiger partial charge in [-0.3, -0.25) is 10.1 Å². The summed E-state index contributed by atoms with van der Waals surface area (Å²) in [6.07, 6.45) is 1.87. The lowest BCUT2D eigenvalue weighted by molar-refractivity contribution is -0.145. The number of hydrogen-bond acceptors (Lipinski definition) is 4. The van der Waals surface area contributed by atoms with Crippen LogP contribution in [0.3, 0.4) is 0 Å². The summed E-state index contributed by atoms with van der Waals surface area (Å²) in [5.41, 5.74) is 2.33. The van der Waals surface area contributed by atoms with Gasteiger partial charge in [0.05, 0.1) is 6.61 Å². The predicted molar refractivity (Wildman–Crippen MR) is 68.4 cm³/mol. The number of carbonyl (C=O) groups is 1. The monoisotopic (exact) mass is 249 g/mol. The number of rotatable bonds is 4. The molecule has 0 heterocycles. The minimum absolute atomic E-state index is 0.167. The van der Waals surface area contributed by atoms with E-state index < -0.39 is 0 Å². The van der Waals surface area contributed by atoms with Crippen LogP contribution in [0, 0.1) is 0 Å². The Kier molecular flexibility index (Phi) is 3.87. The van der Waals surface area contributed by atoms with Gasteiger partial charge in [0, 0.05) is 6.04 Å². The van der Waals surface area contributed by atoms with Crippen LogP contribution in [0.25, 0.3) is 0 Å². The van der Waals surface area contributed by atoms with E-state index in [0.717, 1.165) is 18.4 Å². The van der Waals surface area contributed by atoms with Crippen LogP contribution < -0.4 is 5.32 Å². The third kappa shape index (κ3) is 2.64. The number of aryl methyl sites for hydroxylation is 1. The van der Waals surface area contributed by atoms with E-state index in [4.69, 9.17) is 4.74 Å². The Labute approximate surface area is 107 Å². The van der Waals surface area contributed by atoms with E-state index in [1.54, 1.807) is 19.1 Å². The lowest BCUT2D eigenvalue weighted by Gasteiger charge is -2.19. The zero-order valence-corrected chi connectivity index (χ0v) is 10.8. The number of esters is 1. The normalized spacial score (nSPS) is 19.3. The third-order valence-corrected chi connectivity index (χ3v) is 3.30. The van der Waals surface area contributed by atoms with Gasteiger partial charge < -0.3 is 9.84 Å². The second-order valence-corrected chi connectivity index (χ2v) is 4.61. The standard InChI is InChI=1S/C14H19NO3/c1-3-18-14(17)9(2)15-13-7-4-10-8-11(16)5-6-12(10)13/h5-6,8-9,13,15-16H,3-4,7H2,1-2H3. The molecule has 4 nitrogen and oxygen atoms in total. The number of hydrogen-bond donors (Lipinski definition) is 2. The van der Waals surface area contributed by atoms with Crippen molar-refractivity contribution in [2.75, 3.05) is 6.61 Å². The Hall–Kier alpha value is -1.55. The molecule has 0 saturated heterocycles. The molecule has 1 aromatic rings. The maximum Gasteiger partial charge on any atom is 0.322 e. The number of nitrogens with one attached hydrogen (secondary N) is 1. The van der Waals surface area contributed by atoms with Crippen LogP contribution in [-0.2, 0) is 16.0 Å². The first kappa shape index (κ1) is 12.9. The molecule has 0 radical (unpaired) electrons. The number of aromatic hydroxyl groups is 1. The van der Waals surface area contributed by atoms with Crippen LogP contribution in [-0.4, -0.2) is 23.7 Å². The van der Waals surface area contributed by atoms with Gasteiger partial charge in [-0.2, -0.15) is 0 Å². The lowest BCUT2D eigenvalue weighted by Crippen LogP contribution is -2.37. The first-order chi connectivity index (χ1) is 8.61. The average molecular weight is 249 g/mol. The van der Waals surface area contributed by atoms with E-state index >= 15 is 0 Å². The average Bonchev–Trinajstić information content (AvgIpc) is 2.72. The van der Waals surface area contributed by atoms with E-state index in [9.17, 15) is 9.90 Å². The summed E-state index contributed by atoms with van der Waals surface area (Å²) in [7, 11) is 0. The molecule has 0 amide bonds. The number of ether oxygens (including phenoxy) is 1. The van der Waals surface area contributed by atoms with E-state index in [-0.39, 0.29) is 18.1 Å². The first-order valence-corrected chi connectivity index (χ1v) is 6.36. The second kappa shape index (κ2) is 5.40. The molecule has 2 atom stereocenters. The van der Waals surface area contributed by atoms with Gasteiger partial charge in [0.2, 0.25) is 0 Å². The summed E-state index contributed by atoms with van der Waals surface area (Å²) in [6.45, 7) is 4.02. The summed E-state index contributed by atoms with van der Waals surface area (Å²) in [5.74, 6) is 0.0811. The molecule has 0 aliphatic heterocycles. The molecule has 0 aromatic heterocycles. The highest BCUT2D eigenvalue weighted by atomic mass is 16.5. The highest BCUT2D eigenvalue weighted by Gasteiger charge is 2.26. The predicted octanol–water partition coefficient (Wildman–Crippen LogP) is 1.92. The first-order valence-electron chi connectivity index (χ1n) is 6.36. The molecular weight excluding hydrogens is 230 g/mol. The zero-order chi connectivity index (χ0) is 13.1. The van der Waals surface area contributed by atoms with Gasteiger partial charge in [-0.05, 0) is 49.9 Å². The number of benzene rings is 1. The molecule has 2 rings (SSSR count). The topological polar surface area (TPSA) is 58.6 Å². The third-order valence-electron chi connectivity index (χ3n) is 3.30. The van der Waals surface area contributed by atoms with Gasteiger partial charge in [0.1, 0.15) is 11.8 Å². The molecule has 4 heteroatoms. The van der Waals surface area contributed by atoms with Gasteiger partial charge in [-0.25, -0.2) is 0 Å². The Morgan fingerprint density at radius 2 is 2.39 bits per heavy atom. The summed E-state index contributed by atoms with van der Waals surface area (Å²) in [4.78, 5) is 11.6. The van der Waals surface area contributed by atoms with Crippen molar-refractivity contribution in [3.05, 3.63) is 29.3 Å². The van der Waals surface area contributed by atoms with Crippen molar-refractivity contribution in [2.45, 2.75) is 38.8 Å². The quantitative estimate of drug-likeness (QED) is 0.800. The molecule has 2 unspecified atom stereocenters. The molecule has 18 heavy (non-hydrogen) atoms. The van der Waals surface area contributed by atoms with Gasteiger partial charge >= 0.3 is 5.97 Å². The Morgan fingerprint density at radius 1 is 1.61 bits per heavy atom. The molecular formula is C14H19NO3. The van der Waals surface area contributed by atoms with Gasteiger partial charge in [0.15, 0.2) is 0 Å². The van der Waals surface area contributed by atoms with Crippen LogP contribution in [0.1, 0.15) is 37.4 Å². The van der Waals surface area contributed by atoms with Crippen molar-refractivity contribution in [1.29, 1.82) is 0 Å². The van der Waals surface area contributed by atoms with Crippen LogP contribution in [0.4, 0.5) is 0 Å². The minimum atomic E-state index is -0.310. The van der Waals surface area contributed by atoms with Crippen molar-refractivity contribution in [3.63, 3.8) is 0 Å². The molecule has 2 N–H and O–H groups in total. The van der Waals surface area contributed by atoms with Crippen LogP contribution in [0.5, 0.6) is 5.75 Å². The largest absolute Gasteiger partial charge is 0.508 e. The molecule has 1 aliphatic rings. The second-order valence-electron chi connectivity index (χ2n) is 4.61. The summed E-state index contributed by atoms with van der Waals surface area (Å²) in [6, 6.07) is 5.27. The van der Waals surface area contributed by atoms with Crippen molar-refractivity contribution >= 4 is 5.97 Å². The van der Waals surface area contributed by atoms with Crippen molar-refractivity contribution in [2.24, 2.45) is 0 Å². The highest BCUT2D eigenvalue weighted by molar-refractivity contribution is 5.75. The van der Waals surface area contributed by atoms with Crippen LogP contribution in [0.2, 0.25) is 0 Å². The maximum atomic E-state index is 11.6. The van der Waals surface area contributed by atoms with E-state index in [1.807, 2.05) is 13.0 Å². The molecule has 98 valence electrons. The number of fused-ring (bicyclic) bond motifs is 1. The van der Waals surface area contributed by atoms with Crippen LogP contribution >= 0.6 is 0 Å². The fourth-order valence-corrected chi connectivity index (χ4v) is 2.41. The smallest absolute Gasteiger partial charge is 0.322 e. The Morgan fingerprint density at radius 3 is 3.11 bits per heavy atom. The van der Waals surface area contributed by atoms with Gasteiger partial charge in [0.25, 0.3) is 0 Å². The molecule has 1 aromatic carbocycles. The lowest BCUT2D eigenvalue weighted by atomic mass is 10.1. The SMILES string of the molecule is CCOC(=O)C(C)NC1CCc2cc(O)ccc21. The van der Waals surface area contributed by atoms with E-state index in [2.05, 4.69) is 5.32 Å². The number of phenolic OH excluding ortho intramolecular Hbond substituents is 1. The number of carbonyl (C=O) groups excluding carboxylic acids is 1. The Bertz CT molecular complexity index is 445. The fourth-order valence-electron chi connectivity index (χ4n) is 2.41. The highest BCUT2D eigenvalue weighted by Crippen LogP contribution is 2.33. The molecule has 0 saturated carbocycles. The summed E-state index contributed by atoms with van der Waals surface area (Å²) < 4.78 is 4.98. The van der Waals surface area contributed by atoms with Gasteiger partial charge in [-0.15, -0.1) is 0 Å². The zero-order valence-electron chi connectivity index (χ0n) is 10.8. The van der Waals surface area contributed by atoms with Crippen molar-refractivity contribution in [3.8, 4) is 5.75 Å². The molecule has 0 spiro atoms. The molecule has 0 bridgehead atoms. The van der Waals surface area contributed by atoms with Gasteiger partial charge in [-0.1, -0.05) is 6.07 Å². The van der Waals surface area contributed by atoms with E-state index in [1.165, 1.54) is 5.56 Å². The fraction of sp³-hybridized carbons (Fsp3) is 0.500. The van der Waals surface area contributed by atoms with Crippen molar-refractivity contribution < 1.29 is 14.6 Å². The van der Waals surface area contributed by atoms with Crippen molar-refractivity contribution in [1.82, 2.24) is 5.32 Å². The van der Waals surface area contributed by atoms with E-state index in [0.29, 0.717) is 12.4 Å². The summed E-state index contributed by atoms with van der Waals surface area (Å²) >= 11 is 0. The summed E-state index contributed by atoms with van der Waals surface area (Å²) in [5, 5.41) is 12.7.